The minimum Gasteiger partial charge on any atom is -0.478 e. The lowest BCUT2D eigenvalue weighted by Crippen LogP contribution is -2.04. The Bertz CT molecular complexity index is 587. The van der Waals surface area contributed by atoms with E-state index in [0.717, 1.165) is 6.26 Å². The van der Waals surface area contributed by atoms with Gasteiger partial charge in [-0.15, -0.1) is 0 Å². The highest BCUT2D eigenvalue weighted by atomic mass is 32.2. The SMILES string of the molecule is CC(=Cc1cccc(S(C)(=O)=O)c1N)C(=O)O. The normalized spacial score (nSPS) is 12.5. The number of para-hydroxylation sites is 1. The molecule has 1 aromatic rings. The van der Waals surface area contributed by atoms with Gasteiger partial charge < -0.3 is 10.8 Å². The number of sulfone groups is 1. The van der Waals surface area contributed by atoms with Crippen LogP contribution in [0.2, 0.25) is 0 Å². The van der Waals surface area contributed by atoms with E-state index in [9.17, 15) is 13.2 Å². The van der Waals surface area contributed by atoms with E-state index in [-0.39, 0.29) is 16.2 Å². The van der Waals surface area contributed by atoms with Gasteiger partial charge in [0.05, 0.1) is 10.6 Å². The van der Waals surface area contributed by atoms with Crippen LogP contribution in [0.1, 0.15) is 12.5 Å². The Morgan fingerprint density at radius 2 is 2.00 bits per heavy atom. The lowest BCUT2D eigenvalue weighted by Gasteiger charge is -2.06. The molecule has 0 aliphatic rings. The van der Waals surface area contributed by atoms with Crippen molar-refractivity contribution in [3.63, 3.8) is 0 Å². The van der Waals surface area contributed by atoms with E-state index in [0.29, 0.717) is 5.56 Å². The van der Waals surface area contributed by atoms with Gasteiger partial charge in [0.25, 0.3) is 0 Å². The number of nitrogen functional groups attached to an aromatic ring is 1. The molecule has 17 heavy (non-hydrogen) atoms. The maximum absolute atomic E-state index is 11.4. The van der Waals surface area contributed by atoms with Crippen LogP contribution in [0.25, 0.3) is 6.08 Å². The largest absolute Gasteiger partial charge is 0.478 e. The zero-order valence-electron chi connectivity index (χ0n) is 9.47. The highest BCUT2D eigenvalue weighted by Gasteiger charge is 2.13. The third kappa shape index (κ3) is 3.07. The zero-order chi connectivity index (χ0) is 13.2. The summed E-state index contributed by atoms with van der Waals surface area (Å²) < 4.78 is 22.8. The van der Waals surface area contributed by atoms with Crippen LogP contribution in [0, 0.1) is 0 Å². The van der Waals surface area contributed by atoms with Crippen LogP contribution in [0.3, 0.4) is 0 Å². The average Bonchev–Trinajstić information content (AvgIpc) is 2.19. The van der Waals surface area contributed by atoms with Gasteiger partial charge in [0.1, 0.15) is 0 Å². The Labute approximate surface area is 99.5 Å². The average molecular weight is 255 g/mol. The maximum Gasteiger partial charge on any atom is 0.331 e. The number of nitrogens with two attached hydrogens (primary N) is 1. The Morgan fingerprint density at radius 1 is 1.41 bits per heavy atom. The summed E-state index contributed by atoms with van der Waals surface area (Å²) in [6.07, 6.45) is 2.39. The van der Waals surface area contributed by atoms with Gasteiger partial charge in [-0.2, -0.15) is 0 Å². The minimum atomic E-state index is -3.41. The van der Waals surface area contributed by atoms with Gasteiger partial charge in [-0.05, 0) is 24.6 Å². The van der Waals surface area contributed by atoms with E-state index < -0.39 is 15.8 Å². The number of benzene rings is 1. The summed E-state index contributed by atoms with van der Waals surface area (Å²) in [5, 5.41) is 8.74. The Morgan fingerprint density at radius 3 is 2.47 bits per heavy atom. The van der Waals surface area contributed by atoms with Crippen molar-refractivity contribution in [2.24, 2.45) is 0 Å². The lowest BCUT2D eigenvalue weighted by molar-refractivity contribution is -0.132. The van der Waals surface area contributed by atoms with Crippen LogP contribution in [0.5, 0.6) is 0 Å². The lowest BCUT2D eigenvalue weighted by atomic mass is 10.1. The number of anilines is 1. The van der Waals surface area contributed by atoms with Crippen molar-refractivity contribution in [3.8, 4) is 0 Å². The predicted octanol–water partition coefficient (Wildman–Crippen LogP) is 1.16. The fraction of sp³-hybridized carbons (Fsp3) is 0.182. The van der Waals surface area contributed by atoms with Crippen LogP contribution in [-0.4, -0.2) is 25.7 Å². The van der Waals surface area contributed by atoms with Gasteiger partial charge >= 0.3 is 5.97 Å². The third-order valence-electron chi connectivity index (χ3n) is 2.21. The molecule has 0 aliphatic carbocycles. The molecule has 0 aromatic heterocycles. The van der Waals surface area contributed by atoms with Crippen molar-refractivity contribution in [1.29, 1.82) is 0 Å². The second kappa shape index (κ2) is 4.58. The van der Waals surface area contributed by atoms with Crippen molar-refractivity contribution in [2.75, 3.05) is 12.0 Å². The Balaban J connectivity index is 3.40. The first-order chi connectivity index (χ1) is 7.73. The Hall–Kier alpha value is -1.82. The molecule has 5 nitrogen and oxygen atoms in total. The molecule has 1 rings (SSSR count). The van der Waals surface area contributed by atoms with Crippen molar-refractivity contribution in [3.05, 3.63) is 29.3 Å². The van der Waals surface area contributed by atoms with E-state index in [1.165, 1.54) is 25.1 Å². The molecule has 0 aliphatic heterocycles. The zero-order valence-corrected chi connectivity index (χ0v) is 10.3. The topological polar surface area (TPSA) is 97.5 Å². The number of carboxylic acid groups (broad SMARTS) is 1. The van der Waals surface area contributed by atoms with Gasteiger partial charge in [0.15, 0.2) is 9.84 Å². The molecule has 3 N–H and O–H groups in total. The van der Waals surface area contributed by atoms with Gasteiger partial charge in [0.2, 0.25) is 0 Å². The molecule has 0 saturated heterocycles. The second-order valence-corrected chi connectivity index (χ2v) is 5.65. The first-order valence-corrected chi connectivity index (χ1v) is 6.62. The van der Waals surface area contributed by atoms with E-state index in [1.807, 2.05) is 0 Å². The van der Waals surface area contributed by atoms with Crippen molar-refractivity contribution in [1.82, 2.24) is 0 Å². The number of rotatable bonds is 3. The molecule has 0 fully saturated rings. The molecule has 0 heterocycles. The highest BCUT2D eigenvalue weighted by Crippen LogP contribution is 2.24. The molecule has 92 valence electrons. The molecule has 0 spiro atoms. The summed E-state index contributed by atoms with van der Waals surface area (Å²) in [5.74, 6) is -1.07. The first kappa shape index (κ1) is 13.2. The number of aliphatic carboxylic acids is 1. The van der Waals surface area contributed by atoms with E-state index in [4.69, 9.17) is 10.8 Å². The van der Waals surface area contributed by atoms with Crippen molar-refractivity contribution in [2.45, 2.75) is 11.8 Å². The molecule has 0 unspecified atom stereocenters. The quantitative estimate of drug-likeness (QED) is 0.624. The molecule has 1 aromatic carbocycles. The van der Waals surface area contributed by atoms with Crippen molar-refractivity contribution >= 4 is 27.6 Å². The highest BCUT2D eigenvalue weighted by molar-refractivity contribution is 7.90. The van der Waals surface area contributed by atoms with Crippen LogP contribution in [-0.2, 0) is 14.6 Å². The number of carboxylic acids is 1. The van der Waals surface area contributed by atoms with Gasteiger partial charge in [-0.25, -0.2) is 13.2 Å². The maximum atomic E-state index is 11.4. The molecule has 0 radical (unpaired) electrons. The summed E-state index contributed by atoms with van der Waals surface area (Å²) in [6, 6.07) is 4.47. The van der Waals surface area contributed by atoms with Crippen LogP contribution < -0.4 is 5.73 Å². The van der Waals surface area contributed by atoms with Gasteiger partial charge in [0, 0.05) is 11.8 Å². The molecular weight excluding hydrogens is 242 g/mol. The van der Waals surface area contributed by atoms with Crippen LogP contribution >= 0.6 is 0 Å². The molecule has 0 atom stereocenters. The second-order valence-electron chi connectivity index (χ2n) is 3.66. The summed E-state index contributed by atoms with van der Waals surface area (Å²) in [5.41, 5.74) is 6.23. The van der Waals surface area contributed by atoms with Gasteiger partial charge in [-0.3, -0.25) is 0 Å². The fourth-order valence-corrected chi connectivity index (χ4v) is 2.15. The fourth-order valence-electron chi connectivity index (χ4n) is 1.31. The third-order valence-corrected chi connectivity index (χ3v) is 3.36. The summed E-state index contributed by atoms with van der Waals surface area (Å²) in [7, 11) is -3.41. The van der Waals surface area contributed by atoms with Crippen LogP contribution in [0.4, 0.5) is 5.69 Å². The molecular formula is C11H13NO4S. The van der Waals surface area contributed by atoms with Gasteiger partial charge in [-0.1, -0.05) is 12.1 Å². The molecule has 0 amide bonds. The Kier molecular flexibility index (Phi) is 3.57. The van der Waals surface area contributed by atoms with Crippen LogP contribution in [0.15, 0.2) is 28.7 Å². The van der Waals surface area contributed by atoms with E-state index >= 15 is 0 Å². The molecule has 6 heteroatoms. The summed E-state index contributed by atoms with van der Waals surface area (Å²) in [4.78, 5) is 10.7. The predicted molar refractivity (Wildman–Crippen MR) is 65.3 cm³/mol. The summed E-state index contributed by atoms with van der Waals surface area (Å²) in [6.45, 7) is 1.41. The monoisotopic (exact) mass is 255 g/mol. The van der Waals surface area contributed by atoms with Crippen molar-refractivity contribution < 1.29 is 18.3 Å². The van der Waals surface area contributed by atoms with E-state index in [1.54, 1.807) is 6.07 Å². The number of carbonyl (C=O) groups is 1. The minimum absolute atomic E-state index is 0.00411. The smallest absolute Gasteiger partial charge is 0.331 e. The summed E-state index contributed by atoms with van der Waals surface area (Å²) >= 11 is 0. The molecule has 0 bridgehead atoms. The number of hydrogen-bond donors (Lipinski definition) is 2. The standard InChI is InChI=1S/C11H13NO4S/c1-7(11(13)14)6-8-4-3-5-9(10(8)12)17(2,15)16/h3-6H,12H2,1-2H3,(H,13,14). The van der Waals surface area contributed by atoms with E-state index in [2.05, 4.69) is 0 Å². The number of hydrogen-bond acceptors (Lipinski definition) is 4. The first-order valence-electron chi connectivity index (χ1n) is 4.73. The molecule has 0 saturated carbocycles.